The molecule has 0 aliphatic carbocycles. The van der Waals surface area contributed by atoms with Gasteiger partial charge in [-0.25, -0.2) is 9.36 Å². The fourth-order valence-electron chi connectivity index (χ4n) is 3.62. The highest BCUT2D eigenvalue weighted by molar-refractivity contribution is 7.20. The number of amides is 1. The largest absolute Gasteiger partial charge is 0.344 e. The number of carbonyl (C=O) groups is 1. The summed E-state index contributed by atoms with van der Waals surface area (Å²) in [5.41, 5.74) is 1.84. The van der Waals surface area contributed by atoms with Crippen LogP contribution in [0.25, 0.3) is 15.9 Å². The zero-order chi connectivity index (χ0) is 24.0. The quantitative estimate of drug-likeness (QED) is 0.399. The van der Waals surface area contributed by atoms with E-state index in [0.717, 1.165) is 27.0 Å². The normalized spacial score (nSPS) is 11.2. The van der Waals surface area contributed by atoms with E-state index in [1.165, 1.54) is 15.5 Å². The van der Waals surface area contributed by atoms with Crippen LogP contribution in [0, 0.1) is 13.8 Å². The second-order valence-corrected chi connectivity index (χ2v) is 9.84. The number of nitrogens with zero attached hydrogens (tertiary/aromatic N) is 3. The zero-order valence-electron chi connectivity index (χ0n) is 18.5. The number of rotatable bonds is 4. The summed E-state index contributed by atoms with van der Waals surface area (Å²) in [6, 6.07) is 12.4. The minimum absolute atomic E-state index is 0.219. The predicted molar refractivity (Wildman–Crippen MR) is 135 cm³/mol. The van der Waals surface area contributed by atoms with E-state index in [-0.39, 0.29) is 17.5 Å². The molecule has 0 aliphatic rings. The van der Waals surface area contributed by atoms with Crippen molar-refractivity contribution in [3.63, 3.8) is 0 Å². The SMILES string of the molecule is Cc1ccc(Cn2c(=O)n(-c3ccc(Cl)c(Cl)c3)c(=O)c3c(C)c(C(=O)N(C)C)sc32)cc1. The molecule has 0 fully saturated rings. The van der Waals surface area contributed by atoms with Gasteiger partial charge in [0, 0.05) is 14.1 Å². The average Bonchev–Trinajstić information content (AvgIpc) is 3.11. The van der Waals surface area contributed by atoms with Gasteiger partial charge in [0.25, 0.3) is 11.5 Å². The number of carbonyl (C=O) groups excluding carboxylic acids is 1. The summed E-state index contributed by atoms with van der Waals surface area (Å²) >= 11 is 13.4. The average molecular weight is 502 g/mol. The third-order valence-electron chi connectivity index (χ3n) is 5.44. The molecule has 4 aromatic rings. The molecule has 2 heterocycles. The number of benzene rings is 2. The lowest BCUT2D eigenvalue weighted by Crippen LogP contribution is -2.39. The lowest BCUT2D eigenvalue weighted by Gasteiger charge is -2.13. The molecule has 33 heavy (non-hydrogen) atoms. The summed E-state index contributed by atoms with van der Waals surface area (Å²) in [5, 5.41) is 0.888. The second kappa shape index (κ2) is 8.82. The van der Waals surface area contributed by atoms with Gasteiger partial charge in [-0.2, -0.15) is 0 Å². The molecule has 9 heteroatoms. The van der Waals surface area contributed by atoms with Crippen molar-refractivity contribution in [2.24, 2.45) is 0 Å². The molecule has 0 unspecified atom stereocenters. The Hall–Kier alpha value is -2.87. The van der Waals surface area contributed by atoms with Crippen LogP contribution in [0.15, 0.2) is 52.1 Å². The van der Waals surface area contributed by atoms with E-state index in [1.54, 1.807) is 33.2 Å². The van der Waals surface area contributed by atoms with E-state index < -0.39 is 11.2 Å². The molecule has 0 saturated heterocycles. The summed E-state index contributed by atoms with van der Waals surface area (Å²) in [5.74, 6) is -0.219. The van der Waals surface area contributed by atoms with Crippen LogP contribution in [-0.4, -0.2) is 34.0 Å². The highest BCUT2D eigenvalue weighted by Gasteiger charge is 2.24. The third kappa shape index (κ3) is 4.12. The maximum absolute atomic E-state index is 13.7. The Morgan fingerprint density at radius 1 is 1.00 bits per heavy atom. The third-order valence-corrected chi connectivity index (χ3v) is 7.48. The lowest BCUT2D eigenvalue weighted by atomic mass is 10.1. The number of aryl methyl sites for hydroxylation is 2. The highest BCUT2D eigenvalue weighted by Crippen LogP contribution is 2.30. The van der Waals surface area contributed by atoms with Crippen molar-refractivity contribution in [2.75, 3.05) is 14.1 Å². The molecule has 2 aromatic carbocycles. The van der Waals surface area contributed by atoms with Gasteiger partial charge in [0.2, 0.25) is 0 Å². The first-order valence-electron chi connectivity index (χ1n) is 10.1. The Morgan fingerprint density at radius 3 is 2.27 bits per heavy atom. The van der Waals surface area contributed by atoms with Crippen molar-refractivity contribution in [2.45, 2.75) is 20.4 Å². The van der Waals surface area contributed by atoms with Gasteiger partial charge in [0.15, 0.2) is 0 Å². The zero-order valence-corrected chi connectivity index (χ0v) is 20.8. The number of thiophene rings is 1. The maximum atomic E-state index is 13.7. The Labute approximate surface area is 204 Å². The molecular weight excluding hydrogens is 481 g/mol. The van der Waals surface area contributed by atoms with E-state index in [9.17, 15) is 14.4 Å². The monoisotopic (exact) mass is 501 g/mol. The minimum atomic E-state index is -0.517. The fourth-order valence-corrected chi connectivity index (χ4v) is 5.23. The topological polar surface area (TPSA) is 64.3 Å². The van der Waals surface area contributed by atoms with Crippen LogP contribution in [0.4, 0.5) is 0 Å². The van der Waals surface area contributed by atoms with Crippen molar-refractivity contribution in [3.8, 4) is 5.69 Å². The first-order chi connectivity index (χ1) is 15.6. The molecule has 0 aliphatic heterocycles. The standard InChI is InChI=1S/C24H21Cl2N3O3S/c1-13-5-7-15(8-6-13)12-28-23-19(14(2)20(33-23)22(31)27(3)4)21(30)29(24(28)32)16-9-10-17(25)18(26)11-16/h5-11H,12H2,1-4H3. The van der Waals surface area contributed by atoms with E-state index in [0.29, 0.717) is 31.4 Å². The fraction of sp³-hybridized carbons (Fsp3) is 0.208. The molecule has 0 N–H and O–H groups in total. The molecule has 0 spiro atoms. The van der Waals surface area contributed by atoms with Crippen LogP contribution in [-0.2, 0) is 6.54 Å². The molecule has 170 valence electrons. The van der Waals surface area contributed by atoms with Crippen molar-refractivity contribution in [3.05, 3.63) is 94.9 Å². The van der Waals surface area contributed by atoms with Gasteiger partial charge in [-0.05, 0) is 43.2 Å². The van der Waals surface area contributed by atoms with Crippen LogP contribution in [0.3, 0.4) is 0 Å². The van der Waals surface area contributed by atoms with Crippen LogP contribution < -0.4 is 11.2 Å². The van der Waals surface area contributed by atoms with Crippen LogP contribution in [0.2, 0.25) is 10.0 Å². The number of hydrogen-bond acceptors (Lipinski definition) is 4. The predicted octanol–water partition coefficient (Wildman–Crippen LogP) is 4.89. The number of aromatic nitrogens is 2. The lowest BCUT2D eigenvalue weighted by molar-refractivity contribution is 0.0831. The number of hydrogen-bond donors (Lipinski definition) is 0. The minimum Gasteiger partial charge on any atom is -0.344 e. The van der Waals surface area contributed by atoms with Crippen LogP contribution in [0.1, 0.15) is 26.4 Å². The van der Waals surface area contributed by atoms with Crippen LogP contribution >= 0.6 is 34.5 Å². The molecule has 2 aromatic heterocycles. The number of fused-ring (bicyclic) bond motifs is 1. The Morgan fingerprint density at radius 2 is 1.67 bits per heavy atom. The van der Waals surface area contributed by atoms with Crippen LogP contribution in [0.5, 0.6) is 0 Å². The summed E-state index contributed by atoms with van der Waals surface area (Å²) < 4.78 is 2.62. The van der Waals surface area contributed by atoms with Crippen molar-refractivity contribution in [1.29, 1.82) is 0 Å². The molecule has 0 bridgehead atoms. The summed E-state index contributed by atoms with van der Waals surface area (Å²) in [6.45, 7) is 3.96. The van der Waals surface area contributed by atoms with Gasteiger partial charge >= 0.3 is 5.69 Å². The molecule has 1 amide bonds. The van der Waals surface area contributed by atoms with Gasteiger partial charge in [-0.1, -0.05) is 53.0 Å². The first-order valence-corrected chi connectivity index (χ1v) is 11.7. The Bertz CT molecular complexity index is 1520. The summed E-state index contributed by atoms with van der Waals surface area (Å²) in [4.78, 5) is 42.4. The molecule has 0 saturated carbocycles. The van der Waals surface area contributed by atoms with E-state index in [1.807, 2.05) is 31.2 Å². The van der Waals surface area contributed by atoms with E-state index in [4.69, 9.17) is 23.2 Å². The van der Waals surface area contributed by atoms with Gasteiger partial charge < -0.3 is 4.90 Å². The summed E-state index contributed by atoms with van der Waals surface area (Å²) in [6.07, 6.45) is 0. The number of halogens is 2. The Balaban J connectivity index is 2.08. The highest BCUT2D eigenvalue weighted by atomic mass is 35.5. The molecular formula is C24H21Cl2N3O3S. The molecule has 6 nitrogen and oxygen atoms in total. The first kappa shape index (κ1) is 23.3. The van der Waals surface area contributed by atoms with Gasteiger partial charge in [-0.15, -0.1) is 11.3 Å². The van der Waals surface area contributed by atoms with Gasteiger partial charge in [0.05, 0.1) is 32.5 Å². The molecule has 0 atom stereocenters. The van der Waals surface area contributed by atoms with Gasteiger partial charge in [0.1, 0.15) is 4.83 Å². The maximum Gasteiger partial charge on any atom is 0.337 e. The smallest absolute Gasteiger partial charge is 0.337 e. The van der Waals surface area contributed by atoms with Crippen molar-refractivity contribution in [1.82, 2.24) is 14.0 Å². The van der Waals surface area contributed by atoms with E-state index >= 15 is 0 Å². The molecule has 0 radical (unpaired) electrons. The molecule has 4 rings (SSSR count). The summed E-state index contributed by atoms with van der Waals surface area (Å²) in [7, 11) is 3.30. The van der Waals surface area contributed by atoms with Crippen molar-refractivity contribution >= 4 is 50.7 Å². The second-order valence-electron chi connectivity index (χ2n) is 8.03. The van der Waals surface area contributed by atoms with Crippen molar-refractivity contribution < 1.29 is 4.79 Å². The van der Waals surface area contributed by atoms with Gasteiger partial charge in [-0.3, -0.25) is 14.2 Å². The van der Waals surface area contributed by atoms with E-state index in [2.05, 4.69) is 0 Å². The Kier molecular flexibility index (Phi) is 6.22.